The maximum Gasteiger partial charge on any atom is 0.512 e. The van der Waals surface area contributed by atoms with Crippen LogP contribution in [-0.2, 0) is 0 Å². The predicted molar refractivity (Wildman–Crippen MR) is 62.8 cm³/mol. The van der Waals surface area contributed by atoms with Crippen LogP contribution in [0.4, 0.5) is 4.79 Å². The van der Waals surface area contributed by atoms with Crippen LogP contribution in [0.2, 0.25) is 0 Å². The standard InChI is InChI=1S/C11H9NO4S/c1-15-8-4-2-7(3-5-8)10-12-6-9(17-10)16-11(13)14/h2-6H,1H3,(H,13,14). The molecule has 17 heavy (non-hydrogen) atoms. The van der Waals surface area contributed by atoms with Crippen LogP contribution in [-0.4, -0.2) is 23.4 Å². The molecule has 0 amide bonds. The highest BCUT2D eigenvalue weighted by Gasteiger charge is 2.08. The predicted octanol–water partition coefficient (Wildman–Crippen LogP) is 2.88. The minimum atomic E-state index is -1.34. The van der Waals surface area contributed by atoms with Gasteiger partial charge in [-0.3, -0.25) is 0 Å². The van der Waals surface area contributed by atoms with Crippen molar-refractivity contribution in [3.63, 3.8) is 0 Å². The molecule has 1 N–H and O–H groups in total. The lowest BCUT2D eigenvalue weighted by molar-refractivity contribution is 0.146. The second-order valence-corrected chi connectivity index (χ2v) is 4.07. The number of nitrogens with zero attached hydrogens (tertiary/aromatic N) is 1. The second-order valence-electron chi connectivity index (χ2n) is 3.08. The lowest BCUT2D eigenvalue weighted by Crippen LogP contribution is -2.00. The molecule has 1 aromatic heterocycles. The van der Waals surface area contributed by atoms with Crippen LogP contribution in [0.25, 0.3) is 10.6 Å². The van der Waals surface area contributed by atoms with Crippen molar-refractivity contribution in [2.45, 2.75) is 0 Å². The number of hydrogen-bond donors (Lipinski definition) is 1. The molecule has 0 radical (unpaired) electrons. The largest absolute Gasteiger partial charge is 0.512 e. The first-order valence-corrected chi connectivity index (χ1v) is 5.51. The van der Waals surface area contributed by atoms with E-state index < -0.39 is 6.16 Å². The summed E-state index contributed by atoms with van der Waals surface area (Å²) < 4.78 is 9.55. The van der Waals surface area contributed by atoms with Crippen LogP contribution in [0.15, 0.2) is 30.5 Å². The van der Waals surface area contributed by atoms with Gasteiger partial charge in [0.05, 0.1) is 13.3 Å². The fraction of sp³-hybridized carbons (Fsp3) is 0.0909. The average molecular weight is 251 g/mol. The van der Waals surface area contributed by atoms with Crippen LogP contribution in [0, 0.1) is 0 Å². The molecule has 0 unspecified atom stereocenters. The highest BCUT2D eigenvalue weighted by atomic mass is 32.1. The first-order chi connectivity index (χ1) is 8.19. The topological polar surface area (TPSA) is 68.7 Å². The van der Waals surface area contributed by atoms with Crippen molar-refractivity contribution in [2.75, 3.05) is 7.11 Å². The first kappa shape index (κ1) is 11.4. The SMILES string of the molecule is COc1ccc(-c2ncc(OC(=O)O)s2)cc1. The number of rotatable bonds is 3. The third-order valence-corrected chi connectivity index (χ3v) is 2.93. The summed E-state index contributed by atoms with van der Waals surface area (Å²) in [5.41, 5.74) is 0.885. The Morgan fingerprint density at radius 3 is 2.65 bits per heavy atom. The summed E-state index contributed by atoms with van der Waals surface area (Å²) in [5, 5.41) is 9.41. The number of thiazole rings is 1. The van der Waals surface area contributed by atoms with Gasteiger partial charge in [0.1, 0.15) is 10.8 Å². The molecule has 88 valence electrons. The maximum absolute atomic E-state index is 10.3. The number of aromatic nitrogens is 1. The normalized spacial score (nSPS) is 9.94. The molecule has 0 aliphatic heterocycles. The molecule has 5 nitrogen and oxygen atoms in total. The first-order valence-electron chi connectivity index (χ1n) is 4.70. The number of benzene rings is 1. The molecule has 0 aliphatic carbocycles. The van der Waals surface area contributed by atoms with Gasteiger partial charge in [-0.05, 0) is 24.3 Å². The lowest BCUT2D eigenvalue weighted by Gasteiger charge is -1.99. The Kier molecular flexibility index (Phi) is 3.24. The summed E-state index contributed by atoms with van der Waals surface area (Å²) in [7, 11) is 1.59. The Morgan fingerprint density at radius 2 is 2.06 bits per heavy atom. The molecule has 1 aromatic carbocycles. The van der Waals surface area contributed by atoms with Gasteiger partial charge in [-0.25, -0.2) is 9.78 Å². The summed E-state index contributed by atoms with van der Waals surface area (Å²) >= 11 is 1.17. The third kappa shape index (κ3) is 2.73. The summed E-state index contributed by atoms with van der Waals surface area (Å²) in [5.74, 6) is 0.757. The molecule has 1 heterocycles. The molecule has 0 bridgehead atoms. The smallest absolute Gasteiger partial charge is 0.497 e. The summed E-state index contributed by atoms with van der Waals surface area (Å²) in [6.07, 6.45) is 0.0492. The van der Waals surface area contributed by atoms with Crippen molar-refractivity contribution in [3.8, 4) is 21.4 Å². The number of carboxylic acid groups (broad SMARTS) is 1. The van der Waals surface area contributed by atoms with Crippen LogP contribution in [0.5, 0.6) is 10.8 Å². The highest BCUT2D eigenvalue weighted by Crippen LogP contribution is 2.30. The lowest BCUT2D eigenvalue weighted by atomic mass is 10.2. The Hall–Kier alpha value is -2.08. The molecular formula is C11H9NO4S. The molecular weight excluding hydrogens is 242 g/mol. The van der Waals surface area contributed by atoms with Gasteiger partial charge in [-0.15, -0.1) is 0 Å². The van der Waals surface area contributed by atoms with Crippen molar-refractivity contribution >= 4 is 17.5 Å². The van der Waals surface area contributed by atoms with Gasteiger partial charge >= 0.3 is 6.16 Å². The fourth-order valence-electron chi connectivity index (χ4n) is 1.26. The zero-order chi connectivity index (χ0) is 12.3. The minimum Gasteiger partial charge on any atom is -0.497 e. The zero-order valence-electron chi connectivity index (χ0n) is 8.91. The monoisotopic (exact) mass is 251 g/mol. The van der Waals surface area contributed by atoms with E-state index in [0.29, 0.717) is 5.01 Å². The van der Waals surface area contributed by atoms with E-state index in [-0.39, 0.29) is 5.06 Å². The van der Waals surface area contributed by atoms with Gasteiger partial charge in [0, 0.05) is 5.56 Å². The van der Waals surface area contributed by atoms with E-state index >= 15 is 0 Å². The Balaban J connectivity index is 2.21. The van der Waals surface area contributed by atoms with E-state index in [9.17, 15) is 4.79 Å². The summed E-state index contributed by atoms with van der Waals surface area (Å²) in [4.78, 5) is 14.4. The Morgan fingerprint density at radius 1 is 1.35 bits per heavy atom. The van der Waals surface area contributed by atoms with Gasteiger partial charge in [-0.1, -0.05) is 11.3 Å². The molecule has 0 aliphatic rings. The number of methoxy groups -OCH3 is 1. The van der Waals surface area contributed by atoms with Gasteiger partial charge in [0.2, 0.25) is 5.06 Å². The summed E-state index contributed by atoms with van der Waals surface area (Å²) in [6, 6.07) is 7.33. The molecule has 0 saturated heterocycles. The highest BCUT2D eigenvalue weighted by molar-refractivity contribution is 7.16. The summed E-state index contributed by atoms with van der Waals surface area (Å²) in [6.45, 7) is 0. The van der Waals surface area contributed by atoms with Crippen molar-refractivity contribution in [1.82, 2.24) is 4.98 Å². The van der Waals surface area contributed by atoms with Gasteiger partial charge < -0.3 is 14.6 Å². The Bertz CT molecular complexity index is 521. The number of carbonyl (C=O) groups is 1. The van der Waals surface area contributed by atoms with Gasteiger partial charge in [0.15, 0.2) is 0 Å². The van der Waals surface area contributed by atoms with Crippen molar-refractivity contribution in [3.05, 3.63) is 30.5 Å². The van der Waals surface area contributed by atoms with Crippen LogP contribution in [0.3, 0.4) is 0 Å². The molecule has 0 spiro atoms. The molecule has 0 saturated carbocycles. The van der Waals surface area contributed by atoms with Gasteiger partial charge in [-0.2, -0.15) is 0 Å². The van der Waals surface area contributed by atoms with Crippen LogP contribution in [0.1, 0.15) is 0 Å². The molecule has 2 rings (SSSR count). The fourth-order valence-corrected chi connectivity index (χ4v) is 2.03. The molecule has 0 atom stereocenters. The number of ether oxygens (including phenoxy) is 2. The van der Waals surface area contributed by atoms with E-state index in [2.05, 4.69) is 9.72 Å². The van der Waals surface area contributed by atoms with E-state index in [1.54, 1.807) is 7.11 Å². The Labute approximate surface area is 101 Å². The van der Waals surface area contributed by atoms with Crippen LogP contribution >= 0.6 is 11.3 Å². The van der Waals surface area contributed by atoms with E-state index in [1.807, 2.05) is 24.3 Å². The molecule has 2 aromatic rings. The number of hydrogen-bond acceptors (Lipinski definition) is 5. The maximum atomic E-state index is 10.3. The van der Waals surface area contributed by atoms with E-state index in [4.69, 9.17) is 9.84 Å². The van der Waals surface area contributed by atoms with Gasteiger partial charge in [0.25, 0.3) is 0 Å². The van der Waals surface area contributed by atoms with Crippen molar-refractivity contribution < 1.29 is 19.4 Å². The van der Waals surface area contributed by atoms with Crippen LogP contribution < -0.4 is 9.47 Å². The minimum absolute atomic E-state index is 0.253. The second kappa shape index (κ2) is 4.84. The van der Waals surface area contributed by atoms with Crippen molar-refractivity contribution in [1.29, 1.82) is 0 Å². The third-order valence-electron chi connectivity index (χ3n) is 2.01. The average Bonchev–Trinajstić information content (AvgIpc) is 2.77. The van der Waals surface area contributed by atoms with E-state index in [0.717, 1.165) is 11.3 Å². The van der Waals surface area contributed by atoms with E-state index in [1.165, 1.54) is 17.5 Å². The molecule has 0 fully saturated rings. The van der Waals surface area contributed by atoms with Crippen molar-refractivity contribution in [2.24, 2.45) is 0 Å². The zero-order valence-corrected chi connectivity index (χ0v) is 9.73. The quantitative estimate of drug-likeness (QED) is 0.849. The molecule has 6 heteroatoms.